The molecular weight excluding hydrogens is 331 g/mol. The van der Waals surface area contributed by atoms with E-state index in [9.17, 15) is 8.42 Å². The molecule has 0 aliphatic rings. The molecule has 7 heteroatoms. The van der Waals surface area contributed by atoms with E-state index >= 15 is 0 Å². The van der Waals surface area contributed by atoms with Crippen LogP contribution in [-0.2, 0) is 16.6 Å². The molecule has 4 nitrogen and oxygen atoms in total. The Kier molecular flexibility index (Phi) is 4.78. The SMILES string of the molecule is CN(Cc1ccc(Cl)cc1Cl)S(=O)(=O)c1ccc(N)cc1. The summed E-state index contributed by atoms with van der Waals surface area (Å²) in [7, 11) is -2.10. The van der Waals surface area contributed by atoms with Crippen molar-refractivity contribution >= 4 is 38.9 Å². The van der Waals surface area contributed by atoms with Crippen LogP contribution in [-0.4, -0.2) is 19.8 Å². The maximum absolute atomic E-state index is 12.4. The summed E-state index contributed by atoms with van der Waals surface area (Å²) in [5.74, 6) is 0. The largest absolute Gasteiger partial charge is 0.399 e. The van der Waals surface area contributed by atoms with Crippen LogP contribution in [0.2, 0.25) is 10.0 Å². The lowest BCUT2D eigenvalue weighted by atomic mass is 10.2. The second-order valence-corrected chi connectivity index (χ2v) is 7.45. The Morgan fingerprint density at radius 2 is 1.71 bits per heavy atom. The molecular formula is C14H14Cl2N2O2S. The first-order valence-corrected chi connectivity index (χ1v) is 8.26. The van der Waals surface area contributed by atoms with Crippen LogP contribution < -0.4 is 5.73 Å². The van der Waals surface area contributed by atoms with Crippen LogP contribution in [0.3, 0.4) is 0 Å². The van der Waals surface area contributed by atoms with E-state index in [0.29, 0.717) is 21.3 Å². The van der Waals surface area contributed by atoms with Crippen molar-refractivity contribution in [3.05, 3.63) is 58.1 Å². The summed E-state index contributed by atoms with van der Waals surface area (Å²) >= 11 is 11.9. The molecule has 2 rings (SSSR count). The van der Waals surface area contributed by atoms with Crippen LogP contribution in [0.4, 0.5) is 5.69 Å². The highest BCUT2D eigenvalue weighted by Crippen LogP contribution is 2.24. The van der Waals surface area contributed by atoms with Crippen LogP contribution in [0.25, 0.3) is 0 Å². The van der Waals surface area contributed by atoms with Crippen LogP contribution in [0.5, 0.6) is 0 Å². The molecule has 0 saturated carbocycles. The summed E-state index contributed by atoms with van der Waals surface area (Å²) in [5, 5.41) is 0.939. The lowest BCUT2D eigenvalue weighted by Gasteiger charge is -2.18. The van der Waals surface area contributed by atoms with E-state index in [0.717, 1.165) is 0 Å². The second kappa shape index (κ2) is 6.23. The van der Waals surface area contributed by atoms with Gasteiger partial charge >= 0.3 is 0 Å². The number of benzene rings is 2. The number of nitrogen functional groups attached to an aromatic ring is 1. The van der Waals surface area contributed by atoms with Crippen molar-refractivity contribution in [2.24, 2.45) is 0 Å². The second-order valence-electron chi connectivity index (χ2n) is 4.57. The van der Waals surface area contributed by atoms with E-state index in [1.54, 1.807) is 30.3 Å². The molecule has 0 aliphatic heterocycles. The molecule has 0 unspecified atom stereocenters. The molecule has 0 amide bonds. The molecule has 2 aromatic carbocycles. The van der Waals surface area contributed by atoms with Crippen molar-refractivity contribution in [3.63, 3.8) is 0 Å². The topological polar surface area (TPSA) is 63.4 Å². The Hall–Kier alpha value is -1.27. The van der Waals surface area contributed by atoms with Gasteiger partial charge in [0.2, 0.25) is 10.0 Å². The van der Waals surface area contributed by atoms with Gasteiger partial charge in [-0.1, -0.05) is 29.3 Å². The number of rotatable bonds is 4. The number of halogens is 2. The summed E-state index contributed by atoms with van der Waals surface area (Å²) in [6.45, 7) is 0.155. The molecule has 0 aliphatic carbocycles. The highest BCUT2D eigenvalue weighted by molar-refractivity contribution is 7.89. The monoisotopic (exact) mass is 344 g/mol. The molecule has 0 heterocycles. The lowest BCUT2D eigenvalue weighted by molar-refractivity contribution is 0.467. The van der Waals surface area contributed by atoms with Gasteiger partial charge in [-0.3, -0.25) is 0 Å². The van der Waals surface area contributed by atoms with Gasteiger partial charge in [-0.2, -0.15) is 4.31 Å². The first kappa shape index (κ1) is 16.1. The van der Waals surface area contributed by atoms with E-state index in [2.05, 4.69) is 0 Å². The van der Waals surface area contributed by atoms with Gasteiger partial charge in [0.1, 0.15) is 0 Å². The third kappa shape index (κ3) is 3.68. The number of hydrogen-bond donors (Lipinski definition) is 1. The highest BCUT2D eigenvalue weighted by atomic mass is 35.5. The Morgan fingerprint density at radius 1 is 1.10 bits per heavy atom. The summed E-state index contributed by atoms with van der Waals surface area (Å²) in [6, 6.07) is 11.0. The Bertz CT molecular complexity index is 746. The number of nitrogens with zero attached hydrogens (tertiary/aromatic N) is 1. The zero-order valence-electron chi connectivity index (χ0n) is 11.3. The molecule has 0 atom stereocenters. The molecule has 21 heavy (non-hydrogen) atoms. The summed E-state index contributed by atoms with van der Waals surface area (Å²) in [5.41, 5.74) is 6.76. The summed E-state index contributed by atoms with van der Waals surface area (Å²) in [4.78, 5) is 0.185. The molecule has 2 N–H and O–H groups in total. The summed E-state index contributed by atoms with van der Waals surface area (Å²) < 4.78 is 26.1. The first-order chi connectivity index (χ1) is 9.80. The molecule has 2 aromatic rings. The smallest absolute Gasteiger partial charge is 0.243 e. The molecule has 0 aromatic heterocycles. The van der Waals surface area contributed by atoms with Crippen molar-refractivity contribution in [1.82, 2.24) is 4.31 Å². The fraction of sp³-hybridized carbons (Fsp3) is 0.143. The highest BCUT2D eigenvalue weighted by Gasteiger charge is 2.21. The fourth-order valence-corrected chi connectivity index (χ4v) is 3.41. The van der Waals surface area contributed by atoms with Crippen LogP contribution >= 0.6 is 23.2 Å². The molecule has 0 fully saturated rings. The normalized spacial score (nSPS) is 11.8. The van der Waals surface area contributed by atoms with Crippen molar-refractivity contribution in [3.8, 4) is 0 Å². The van der Waals surface area contributed by atoms with E-state index in [1.165, 1.54) is 23.5 Å². The van der Waals surface area contributed by atoms with E-state index in [1.807, 2.05) is 0 Å². The van der Waals surface area contributed by atoms with Crippen LogP contribution in [0, 0.1) is 0 Å². The lowest BCUT2D eigenvalue weighted by Crippen LogP contribution is -2.26. The van der Waals surface area contributed by atoms with Gasteiger partial charge in [0.25, 0.3) is 0 Å². The van der Waals surface area contributed by atoms with E-state index in [4.69, 9.17) is 28.9 Å². The number of sulfonamides is 1. The van der Waals surface area contributed by atoms with Crippen molar-refractivity contribution < 1.29 is 8.42 Å². The van der Waals surface area contributed by atoms with E-state index in [-0.39, 0.29) is 11.4 Å². The zero-order chi connectivity index (χ0) is 15.6. The predicted molar refractivity (Wildman–Crippen MR) is 86.0 cm³/mol. The number of nitrogens with two attached hydrogens (primary N) is 1. The van der Waals surface area contributed by atoms with Gasteiger partial charge in [-0.05, 0) is 42.0 Å². The minimum absolute atomic E-state index is 0.155. The third-order valence-electron chi connectivity index (χ3n) is 3.00. The van der Waals surface area contributed by atoms with Crippen molar-refractivity contribution in [2.45, 2.75) is 11.4 Å². The molecule has 0 bridgehead atoms. The standard InChI is InChI=1S/C14H14Cl2N2O2S/c1-18(9-10-2-3-11(15)8-14(10)16)21(19,20)13-6-4-12(17)5-7-13/h2-8H,9,17H2,1H3. The zero-order valence-corrected chi connectivity index (χ0v) is 13.6. The fourth-order valence-electron chi connectivity index (χ4n) is 1.79. The van der Waals surface area contributed by atoms with Crippen molar-refractivity contribution in [2.75, 3.05) is 12.8 Å². The number of hydrogen-bond acceptors (Lipinski definition) is 3. The minimum Gasteiger partial charge on any atom is -0.399 e. The van der Waals surface area contributed by atoms with E-state index < -0.39 is 10.0 Å². The Labute approximate surface area is 134 Å². The third-order valence-corrected chi connectivity index (χ3v) is 5.40. The van der Waals surface area contributed by atoms with Gasteiger partial charge in [0.15, 0.2) is 0 Å². The van der Waals surface area contributed by atoms with Crippen molar-refractivity contribution in [1.29, 1.82) is 0 Å². The molecule has 0 spiro atoms. The minimum atomic E-state index is -3.59. The van der Waals surface area contributed by atoms with Gasteiger partial charge in [-0.25, -0.2) is 8.42 Å². The predicted octanol–water partition coefficient (Wildman–Crippen LogP) is 3.40. The number of anilines is 1. The molecule has 0 radical (unpaired) electrons. The average Bonchev–Trinajstić information content (AvgIpc) is 2.42. The first-order valence-electron chi connectivity index (χ1n) is 6.06. The van der Waals surface area contributed by atoms with Gasteiger partial charge in [0, 0.05) is 29.3 Å². The molecule has 112 valence electrons. The Balaban J connectivity index is 2.26. The van der Waals surface area contributed by atoms with Crippen LogP contribution in [0.1, 0.15) is 5.56 Å². The maximum atomic E-state index is 12.4. The van der Waals surface area contributed by atoms with Gasteiger partial charge < -0.3 is 5.73 Å². The Morgan fingerprint density at radius 3 is 2.29 bits per heavy atom. The average molecular weight is 345 g/mol. The van der Waals surface area contributed by atoms with Gasteiger partial charge in [0.05, 0.1) is 4.90 Å². The van der Waals surface area contributed by atoms with Gasteiger partial charge in [-0.15, -0.1) is 0 Å². The molecule has 0 saturated heterocycles. The maximum Gasteiger partial charge on any atom is 0.243 e. The van der Waals surface area contributed by atoms with Crippen LogP contribution in [0.15, 0.2) is 47.4 Å². The quantitative estimate of drug-likeness (QED) is 0.864. The summed E-state index contributed by atoms with van der Waals surface area (Å²) in [6.07, 6.45) is 0.